The number of para-hydroxylation sites is 1. The Morgan fingerprint density at radius 1 is 1.31 bits per heavy atom. The van der Waals surface area contributed by atoms with Gasteiger partial charge in [-0.2, -0.15) is 0 Å². The largest absolute Gasteiger partial charge is 0.535 e. The lowest BCUT2D eigenvalue weighted by Gasteiger charge is -2.32. The third-order valence-electron chi connectivity index (χ3n) is 5.38. The van der Waals surface area contributed by atoms with Gasteiger partial charge in [0, 0.05) is 12.2 Å². The Hall–Kier alpha value is -1.90. The first-order valence-corrected chi connectivity index (χ1v) is 9.12. The molecule has 2 aliphatic rings. The number of carbonyl (C=O) groups excluding carboxylic acids is 1. The molecule has 1 fully saturated rings. The van der Waals surface area contributed by atoms with Crippen molar-refractivity contribution < 1.29 is 24.4 Å². The van der Waals surface area contributed by atoms with Gasteiger partial charge in [-0.05, 0) is 56.4 Å². The second kappa shape index (κ2) is 8.20. The zero-order valence-corrected chi connectivity index (χ0v) is 14.8. The summed E-state index contributed by atoms with van der Waals surface area (Å²) in [6, 6.07) is 4.89. The lowest BCUT2D eigenvalue weighted by atomic mass is 9.64. The quantitative estimate of drug-likeness (QED) is 0.643. The van der Waals surface area contributed by atoms with E-state index in [4.69, 9.17) is 10.4 Å². The highest BCUT2D eigenvalue weighted by Crippen LogP contribution is 2.36. The van der Waals surface area contributed by atoms with Crippen LogP contribution < -0.4 is 10.4 Å². The molecule has 8 heteroatoms. The number of hydrogen-bond acceptors (Lipinski definition) is 6. The molecule has 1 atom stereocenters. The van der Waals surface area contributed by atoms with Crippen molar-refractivity contribution in [3.8, 4) is 5.75 Å². The molecule has 4 N–H and O–H groups in total. The minimum Gasteiger partial charge on any atom is -0.535 e. The van der Waals surface area contributed by atoms with E-state index in [1.165, 1.54) is 6.07 Å². The molecule has 0 aliphatic carbocycles. The molecule has 2 heterocycles. The summed E-state index contributed by atoms with van der Waals surface area (Å²) < 4.78 is 5.45. The van der Waals surface area contributed by atoms with Crippen molar-refractivity contribution in [1.29, 1.82) is 0 Å². The summed E-state index contributed by atoms with van der Waals surface area (Å²) in [6.45, 7) is 2.83. The van der Waals surface area contributed by atoms with Gasteiger partial charge in [-0.25, -0.2) is 4.79 Å². The van der Waals surface area contributed by atoms with E-state index in [2.05, 4.69) is 4.90 Å². The first kappa shape index (κ1) is 18.9. The van der Waals surface area contributed by atoms with Crippen molar-refractivity contribution in [2.24, 2.45) is 11.7 Å². The van der Waals surface area contributed by atoms with Crippen LogP contribution in [0.15, 0.2) is 18.2 Å². The fourth-order valence-electron chi connectivity index (χ4n) is 3.81. The highest BCUT2D eigenvalue weighted by Gasteiger charge is 2.38. The predicted molar refractivity (Wildman–Crippen MR) is 97.3 cm³/mol. The smallest absolute Gasteiger partial charge is 0.526 e. The van der Waals surface area contributed by atoms with E-state index in [9.17, 15) is 19.7 Å². The molecule has 0 saturated carbocycles. The van der Waals surface area contributed by atoms with E-state index in [-0.39, 0.29) is 29.3 Å². The number of hydrogen-bond donors (Lipinski definition) is 3. The number of piperidine rings is 1. The van der Waals surface area contributed by atoms with Crippen molar-refractivity contribution in [3.05, 3.63) is 29.3 Å². The minimum atomic E-state index is -1.17. The van der Waals surface area contributed by atoms with E-state index in [1.54, 1.807) is 12.1 Å². The lowest BCUT2D eigenvalue weighted by molar-refractivity contribution is -0.120. The van der Waals surface area contributed by atoms with Crippen molar-refractivity contribution in [2.75, 3.05) is 26.2 Å². The number of ketones is 1. The number of fused-ring (bicyclic) bond motifs is 1. The van der Waals surface area contributed by atoms with Crippen LogP contribution in [0.5, 0.6) is 5.75 Å². The molecule has 0 bridgehead atoms. The maximum Gasteiger partial charge on any atom is 0.526 e. The number of nitrogens with two attached hydrogens (primary N) is 1. The van der Waals surface area contributed by atoms with Crippen molar-refractivity contribution in [3.63, 3.8) is 0 Å². The molecule has 1 aromatic rings. The van der Waals surface area contributed by atoms with E-state index >= 15 is 0 Å². The number of benzene rings is 1. The molecule has 0 spiro atoms. The molecule has 3 rings (SSSR count). The van der Waals surface area contributed by atoms with Crippen LogP contribution in [0.4, 0.5) is 0 Å². The monoisotopic (exact) mass is 360 g/mol. The first-order valence-electron chi connectivity index (χ1n) is 9.12. The van der Waals surface area contributed by atoms with Gasteiger partial charge in [0.1, 0.15) is 11.5 Å². The average Bonchev–Trinajstić information content (AvgIpc) is 2.62. The van der Waals surface area contributed by atoms with Crippen LogP contribution in [0.2, 0.25) is 5.82 Å². The second-order valence-corrected chi connectivity index (χ2v) is 7.27. The summed E-state index contributed by atoms with van der Waals surface area (Å²) in [4.78, 5) is 25.9. The summed E-state index contributed by atoms with van der Waals surface area (Å²) in [5.74, 6) is -0.623. The first-order chi connectivity index (χ1) is 12.5. The highest BCUT2D eigenvalue weighted by molar-refractivity contribution is 6.47. The van der Waals surface area contributed by atoms with Gasteiger partial charge in [-0.3, -0.25) is 9.69 Å². The molecule has 7 nitrogen and oxygen atoms in total. The van der Waals surface area contributed by atoms with Crippen LogP contribution in [-0.4, -0.2) is 60.1 Å². The Morgan fingerprint density at radius 3 is 2.69 bits per heavy atom. The van der Waals surface area contributed by atoms with Crippen molar-refractivity contribution in [2.45, 2.75) is 31.5 Å². The molecule has 0 amide bonds. The fraction of sp³-hybridized carbons (Fsp3) is 0.556. The Morgan fingerprint density at radius 2 is 2.04 bits per heavy atom. The molecule has 0 unspecified atom stereocenters. The predicted octanol–water partition coefficient (Wildman–Crippen LogP) is 0.800. The summed E-state index contributed by atoms with van der Waals surface area (Å²) in [5.41, 5.74) is 6.45. The molecule has 26 heavy (non-hydrogen) atoms. The van der Waals surface area contributed by atoms with Gasteiger partial charge in [-0.1, -0.05) is 12.1 Å². The normalized spacial score (nSPS) is 21.2. The van der Waals surface area contributed by atoms with E-state index in [0.29, 0.717) is 25.4 Å². The second-order valence-electron chi connectivity index (χ2n) is 7.27. The van der Waals surface area contributed by atoms with Gasteiger partial charge in [0.05, 0.1) is 12.1 Å². The average molecular weight is 360 g/mol. The van der Waals surface area contributed by atoms with Gasteiger partial charge in [0.15, 0.2) is 0 Å². The van der Waals surface area contributed by atoms with Crippen molar-refractivity contribution in [1.82, 2.24) is 4.90 Å². The zero-order valence-electron chi connectivity index (χ0n) is 14.8. The van der Waals surface area contributed by atoms with Gasteiger partial charge in [-0.15, -0.1) is 0 Å². The highest BCUT2D eigenvalue weighted by atomic mass is 16.5. The molecular weight excluding hydrogens is 335 g/mol. The standard InChI is InChI=1S/C18H25BN2O5/c20-10-12-4-6-21(7-5-12)11-15(22)9-14-8-13-2-1-3-16(18(23)24)17(13)26-19(14)25/h1-3,12,14,25H,4-11,20H2,(H,23,24)/t14-/m1/s1. The Bertz CT molecular complexity index is 676. The van der Waals surface area contributed by atoms with Crippen LogP contribution >= 0.6 is 0 Å². The summed E-state index contributed by atoms with van der Waals surface area (Å²) in [5, 5.41) is 19.5. The minimum absolute atomic E-state index is 0.0362. The Kier molecular flexibility index (Phi) is 5.96. The number of Topliss-reactive ketones (excluding diaryl/α,β-unsaturated/α-hetero) is 1. The molecule has 1 saturated heterocycles. The third kappa shape index (κ3) is 4.25. The van der Waals surface area contributed by atoms with Crippen LogP contribution in [-0.2, 0) is 11.2 Å². The molecule has 140 valence electrons. The van der Waals surface area contributed by atoms with Gasteiger partial charge < -0.3 is 20.5 Å². The number of likely N-dealkylation sites (tertiary alicyclic amines) is 1. The number of carboxylic acids is 1. The van der Waals surface area contributed by atoms with Crippen LogP contribution in [0.25, 0.3) is 0 Å². The van der Waals surface area contributed by atoms with Gasteiger partial charge in [0.25, 0.3) is 0 Å². The van der Waals surface area contributed by atoms with E-state index in [0.717, 1.165) is 31.5 Å². The third-order valence-corrected chi connectivity index (χ3v) is 5.38. The summed E-state index contributed by atoms with van der Waals surface area (Å²) >= 11 is 0. The van der Waals surface area contributed by atoms with E-state index < -0.39 is 13.1 Å². The van der Waals surface area contributed by atoms with Crippen LogP contribution in [0.3, 0.4) is 0 Å². The van der Waals surface area contributed by atoms with E-state index in [1.807, 2.05) is 0 Å². The summed E-state index contributed by atoms with van der Waals surface area (Å²) in [6.07, 6.45) is 2.68. The van der Waals surface area contributed by atoms with Gasteiger partial charge >= 0.3 is 13.1 Å². The number of aromatic carboxylic acids is 1. The van der Waals surface area contributed by atoms with Crippen molar-refractivity contribution >= 4 is 18.9 Å². The maximum atomic E-state index is 12.4. The topological polar surface area (TPSA) is 113 Å². The number of nitrogens with zero attached hydrogens (tertiary/aromatic N) is 1. The molecular formula is C18H25BN2O5. The number of carboxylic acid groups (broad SMARTS) is 1. The SMILES string of the molecule is NCC1CCN(CC(=O)C[C@H]2Cc3cccc(C(=O)O)c3OB2O)CC1. The van der Waals surface area contributed by atoms with Crippen LogP contribution in [0, 0.1) is 5.92 Å². The molecule has 0 radical (unpaired) electrons. The molecule has 2 aliphatic heterocycles. The Labute approximate surface area is 153 Å². The zero-order chi connectivity index (χ0) is 18.7. The maximum absolute atomic E-state index is 12.4. The van der Waals surface area contributed by atoms with Crippen LogP contribution in [0.1, 0.15) is 35.2 Å². The molecule has 0 aromatic heterocycles. The van der Waals surface area contributed by atoms with Gasteiger partial charge in [0.2, 0.25) is 0 Å². The Balaban J connectivity index is 1.58. The summed E-state index contributed by atoms with van der Waals surface area (Å²) in [7, 11) is -1.17. The fourth-order valence-corrected chi connectivity index (χ4v) is 3.81. The number of carbonyl (C=O) groups is 2. The molecule has 1 aromatic carbocycles. The lowest BCUT2D eigenvalue weighted by Crippen LogP contribution is -2.41. The number of rotatable bonds is 6.